The predicted molar refractivity (Wildman–Crippen MR) is 118 cm³/mol. The molecular formula is C22H24F3N3O5S. The van der Waals surface area contributed by atoms with Gasteiger partial charge in [0, 0.05) is 44.7 Å². The van der Waals surface area contributed by atoms with Gasteiger partial charge in [0.1, 0.15) is 0 Å². The molecule has 0 aromatic heterocycles. The van der Waals surface area contributed by atoms with Gasteiger partial charge in [-0.05, 0) is 36.1 Å². The second kappa shape index (κ2) is 9.71. The van der Waals surface area contributed by atoms with Crippen LogP contribution in [0.2, 0.25) is 0 Å². The summed E-state index contributed by atoms with van der Waals surface area (Å²) in [7, 11) is -3.98. The monoisotopic (exact) mass is 499 g/mol. The lowest BCUT2D eigenvalue weighted by Crippen LogP contribution is -2.50. The molecule has 0 bridgehead atoms. The van der Waals surface area contributed by atoms with Gasteiger partial charge in [0.25, 0.3) is 5.69 Å². The topological polar surface area (TPSA) is 101 Å². The summed E-state index contributed by atoms with van der Waals surface area (Å²) in [6, 6.07) is 8.33. The SMILES string of the molecule is Cc1ccc([N+](=O)[O-])cc1S(=O)(=O)N1CCN(C(=O)CC(C)c2ccc(C(F)(F)F)cc2)CC1. The Morgan fingerprint density at radius 1 is 1.09 bits per heavy atom. The van der Waals surface area contributed by atoms with E-state index in [-0.39, 0.29) is 55.0 Å². The summed E-state index contributed by atoms with van der Waals surface area (Å²) in [5.41, 5.74) is -0.0977. The molecule has 0 N–H and O–H groups in total. The van der Waals surface area contributed by atoms with Crippen LogP contribution in [-0.2, 0) is 21.0 Å². The lowest BCUT2D eigenvalue weighted by atomic mass is 9.96. The molecule has 0 radical (unpaired) electrons. The first-order chi connectivity index (χ1) is 15.8. The molecule has 12 heteroatoms. The number of halogens is 3. The van der Waals surface area contributed by atoms with Crippen LogP contribution >= 0.6 is 0 Å². The summed E-state index contributed by atoms with van der Waals surface area (Å²) in [5.74, 6) is -0.542. The van der Waals surface area contributed by atoms with E-state index in [1.165, 1.54) is 33.5 Å². The van der Waals surface area contributed by atoms with Crippen molar-refractivity contribution in [3.8, 4) is 0 Å². The molecule has 1 unspecified atom stereocenters. The Balaban J connectivity index is 1.62. The molecule has 184 valence electrons. The van der Waals surface area contributed by atoms with Gasteiger partial charge in [-0.15, -0.1) is 0 Å². The van der Waals surface area contributed by atoms with Gasteiger partial charge in [0.05, 0.1) is 15.4 Å². The van der Waals surface area contributed by atoms with Gasteiger partial charge < -0.3 is 4.90 Å². The standard InChI is InChI=1S/C22H24F3N3O5S/c1-15-3-8-19(28(30)31)14-20(15)34(32,33)27-11-9-26(10-12-27)21(29)13-16(2)17-4-6-18(7-5-17)22(23,24)25/h3-8,14,16H,9-13H2,1-2H3. The van der Waals surface area contributed by atoms with Crippen molar-refractivity contribution in [2.45, 2.75) is 37.3 Å². The van der Waals surface area contributed by atoms with Crippen LogP contribution in [0.3, 0.4) is 0 Å². The zero-order valence-corrected chi connectivity index (χ0v) is 19.4. The molecule has 1 aliphatic rings. The normalized spacial score (nSPS) is 16.3. The van der Waals surface area contributed by atoms with Crippen molar-refractivity contribution in [2.75, 3.05) is 26.2 Å². The third kappa shape index (κ3) is 5.55. The number of nitro benzene ring substituents is 1. The number of piperazine rings is 1. The fourth-order valence-corrected chi connectivity index (χ4v) is 5.47. The average Bonchev–Trinajstić information content (AvgIpc) is 2.78. The third-order valence-electron chi connectivity index (χ3n) is 5.88. The Morgan fingerprint density at radius 2 is 1.68 bits per heavy atom. The van der Waals surface area contributed by atoms with Crippen LogP contribution < -0.4 is 0 Å². The summed E-state index contributed by atoms with van der Waals surface area (Å²) in [6.45, 7) is 3.65. The van der Waals surface area contributed by atoms with Crippen LogP contribution in [0.4, 0.5) is 18.9 Å². The van der Waals surface area contributed by atoms with E-state index in [9.17, 15) is 36.5 Å². The Labute approximate surface area is 195 Å². The zero-order valence-electron chi connectivity index (χ0n) is 18.6. The number of rotatable bonds is 6. The summed E-state index contributed by atoms with van der Waals surface area (Å²) >= 11 is 0. The fourth-order valence-electron chi connectivity index (χ4n) is 3.81. The van der Waals surface area contributed by atoms with E-state index in [4.69, 9.17) is 0 Å². The number of alkyl halides is 3. The minimum atomic E-state index is -4.43. The van der Waals surface area contributed by atoms with Crippen molar-refractivity contribution in [1.82, 2.24) is 9.21 Å². The number of amides is 1. The van der Waals surface area contributed by atoms with Crippen LogP contribution in [0.25, 0.3) is 0 Å². The van der Waals surface area contributed by atoms with Gasteiger partial charge in [-0.3, -0.25) is 14.9 Å². The highest BCUT2D eigenvalue weighted by Crippen LogP contribution is 2.31. The van der Waals surface area contributed by atoms with E-state index in [1.807, 2.05) is 0 Å². The van der Waals surface area contributed by atoms with Gasteiger partial charge in [-0.1, -0.05) is 25.1 Å². The first-order valence-electron chi connectivity index (χ1n) is 10.5. The number of hydrogen-bond acceptors (Lipinski definition) is 5. The largest absolute Gasteiger partial charge is 0.416 e. The molecule has 3 rings (SSSR count). The van der Waals surface area contributed by atoms with Gasteiger partial charge in [0.2, 0.25) is 15.9 Å². The van der Waals surface area contributed by atoms with Crippen molar-refractivity contribution in [2.24, 2.45) is 0 Å². The summed E-state index contributed by atoms with van der Waals surface area (Å²) < 4.78 is 65.5. The molecule has 0 saturated carbocycles. The number of aryl methyl sites for hydroxylation is 1. The maximum atomic E-state index is 13.0. The molecule has 8 nitrogen and oxygen atoms in total. The first-order valence-corrected chi connectivity index (χ1v) is 11.9. The van der Waals surface area contributed by atoms with Crippen molar-refractivity contribution in [3.63, 3.8) is 0 Å². The van der Waals surface area contributed by atoms with Gasteiger partial charge in [-0.25, -0.2) is 8.42 Å². The lowest BCUT2D eigenvalue weighted by molar-refractivity contribution is -0.385. The quantitative estimate of drug-likeness (QED) is 0.443. The molecule has 1 saturated heterocycles. The average molecular weight is 500 g/mol. The number of nitro groups is 1. The molecule has 1 atom stereocenters. The molecule has 0 aliphatic carbocycles. The molecule has 2 aromatic rings. The Kier molecular flexibility index (Phi) is 7.32. The summed E-state index contributed by atoms with van der Waals surface area (Å²) in [6.07, 6.45) is -4.36. The molecule has 0 spiro atoms. The van der Waals surface area contributed by atoms with Crippen molar-refractivity contribution in [3.05, 3.63) is 69.3 Å². The highest BCUT2D eigenvalue weighted by Gasteiger charge is 2.33. The Bertz CT molecular complexity index is 1180. The van der Waals surface area contributed by atoms with E-state index in [1.54, 1.807) is 13.8 Å². The highest BCUT2D eigenvalue weighted by atomic mass is 32.2. The number of sulfonamides is 1. The second-order valence-electron chi connectivity index (χ2n) is 8.22. The van der Waals surface area contributed by atoms with Crippen LogP contribution in [-0.4, -0.2) is 54.6 Å². The van der Waals surface area contributed by atoms with E-state index in [0.717, 1.165) is 18.2 Å². The van der Waals surface area contributed by atoms with Crippen molar-refractivity contribution >= 4 is 21.6 Å². The summed E-state index contributed by atoms with van der Waals surface area (Å²) in [5, 5.41) is 11.0. The van der Waals surface area contributed by atoms with Crippen LogP contribution in [0, 0.1) is 17.0 Å². The van der Waals surface area contributed by atoms with E-state index >= 15 is 0 Å². The fraction of sp³-hybridized carbons (Fsp3) is 0.409. The van der Waals surface area contributed by atoms with Crippen LogP contribution in [0.1, 0.15) is 36.0 Å². The van der Waals surface area contributed by atoms with Gasteiger partial charge in [-0.2, -0.15) is 17.5 Å². The minimum Gasteiger partial charge on any atom is -0.340 e. The molecule has 2 aromatic carbocycles. The molecule has 1 amide bonds. The first kappa shape index (κ1) is 25.6. The number of nitrogens with zero attached hydrogens (tertiary/aromatic N) is 3. The van der Waals surface area contributed by atoms with E-state index < -0.39 is 26.7 Å². The zero-order chi connectivity index (χ0) is 25.3. The number of benzene rings is 2. The minimum absolute atomic E-state index is 0.0326. The molecule has 1 fully saturated rings. The van der Waals surface area contributed by atoms with Crippen LogP contribution in [0.5, 0.6) is 0 Å². The third-order valence-corrected chi connectivity index (χ3v) is 7.92. The number of hydrogen-bond donors (Lipinski definition) is 0. The molecule has 1 aliphatic heterocycles. The van der Waals surface area contributed by atoms with Crippen LogP contribution in [0.15, 0.2) is 47.4 Å². The highest BCUT2D eigenvalue weighted by molar-refractivity contribution is 7.89. The molecular weight excluding hydrogens is 475 g/mol. The van der Waals surface area contributed by atoms with Gasteiger partial charge >= 0.3 is 6.18 Å². The van der Waals surface area contributed by atoms with Crippen molar-refractivity contribution < 1.29 is 31.3 Å². The second-order valence-corrected chi connectivity index (χ2v) is 10.1. The lowest BCUT2D eigenvalue weighted by Gasteiger charge is -2.34. The maximum absolute atomic E-state index is 13.0. The molecule has 34 heavy (non-hydrogen) atoms. The predicted octanol–water partition coefficient (Wildman–Crippen LogP) is 3.95. The number of carbonyl (C=O) groups is 1. The molecule has 1 heterocycles. The summed E-state index contributed by atoms with van der Waals surface area (Å²) in [4.78, 5) is 24.5. The van der Waals surface area contributed by atoms with E-state index in [2.05, 4.69) is 0 Å². The smallest absolute Gasteiger partial charge is 0.340 e. The Hall–Kier alpha value is -2.99. The Morgan fingerprint density at radius 3 is 2.21 bits per heavy atom. The number of carbonyl (C=O) groups excluding carboxylic acids is 1. The number of non-ortho nitro benzene ring substituents is 1. The van der Waals surface area contributed by atoms with Gasteiger partial charge in [0.15, 0.2) is 0 Å². The van der Waals surface area contributed by atoms with Crippen molar-refractivity contribution in [1.29, 1.82) is 0 Å². The maximum Gasteiger partial charge on any atom is 0.416 e. The van der Waals surface area contributed by atoms with E-state index in [0.29, 0.717) is 11.1 Å².